The van der Waals surface area contributed by atoms with Gasteiger partial charge in [0.2, 0.25) is 0 Å². The molecule has 0 amide bonds. The van der Waals surface area contributed by atoms with E-state index >= 15 is 0 Å². The molecule has 2 aliphatic rings. The highest BCUT2D eigenvalue weighted by Gasteiger charge is 2.50. The van der Waals surface area contributed by atoms with E-state index in [0.717, 1.165) is 37.7 Å². The number of benzene rings is 2. The van der Waals surface area contributed by atoms with Gasteiger partial charge in [0, 0.05) is 5.41 Å². The molecule has 0 radical (unpaired) electrons. The van der Waals surface area contributed by atoms with Crippen LogP contribution in [0, 0.1) is 17.8 Å². The fourth-order valence-corrected chi connectivity index (χ4v) is 5.66. The standard InChI is InChI=1S/C26H28O3/c1-2-13-25(29)14-15-26(17-19-7-4-3-5-8-19)22(18-25)10-6-9-20-16-21(24(27)28)11-12-23(20)26/h3-5,7-8,11-12,16,22,29H,6,9-10,14-15,17-18H2,1H3,(H,27,28)/t22-,25-,26-/m1/s1. The number of aromatic carboxylic acids is 1. The van der Waals surface area contributed by atoms with Crippen molar-refractivity contribution < 1.29 is 15.0 Å². The number of aliphatic hydroxyl groups is 1. The molecular weight excluding hydrogens is 360 g/mol. The third kappa shape index (κ3) is 3.70. The van der Waals surface area contributed by atoms with Gasteiger partial charge in [-0.05, 0) is 86.6 Å². The summed E-state index contributed by atoms with van der Waals surface area (Å²) in [7, 11) is 0. The molecule has 0 spiro atoms. The molecule has 2 N–H and O–H groups in total. The summed E-state index contributed by atoms with van der Waals surface area (Å²) < 4.78 is 0. The molecule has 3 heteroatoms. The molecule has 0 aromatic heterocycles. The van der Waals surface area contributed by atoms with Crippen molar-refractivity contribution >= 4 is 5.97 Å². The predicted octanol–water partition coefficient (Wildman–Crippen LogP) is 4.76. The molecule has 4 rings (SSSR count). The zero-order valence-corrected chi connectivity index (χ0v) is 16.9. The van der Waals surface area contributed by atoms with Crippen molar-refractivity contribution in [1.82, 2.24) is 0 Å². The lowest BCUT2D eigenvalue weighted by molar-refractivity contribution is -0.00358. The molecule has 2 aliphatic carbocycles. The largest absolute Gasteiger partial charge is 0.478 e. The van der Waals surface area contributed by atoms with E-state index in [4.69, 9.17) is 0 Å². The maximum absolute atomic E-state index is 11.5. The van der Waals surface area contributed by atoms with Crippen molar-refractivity contribution in [2.75, 3.05) is 0 Å². The van der Waals surface area contributed by atoms with Crippen molar-refractivity contribution in [3.8, 4) is 11.8 Å². The van der Waals surface area contributed by atoms with Gasteiger partial charge in [-0.1, -0.05) is 42.3 Å². The predicted molar refractivity (Wildman–Crippen MR) is 114 cm³/mol. The van der Waals surface area contributed by atoms with Gasteiger partial charge in [-0.15, -0.1) is 5.92 Å². The monoisotopic (exact) mass is 388 g/mol. The highest BCUT2D eigenvalue weighted by molar-refractivity contribution is 5.88. The average Bonchev–Trinajstić information content (AvgIpc) is 2.85. The zero-order valence-electron chi connectivity index (χ0n) is 16.9. The fraction of sp³-hybridized carbons (Fsp3) is 0.423. The van der Waals surface area contributed by atoms with Crippen LogP contribution in [0.25, 0.3) is 0 Å². The van der Waals surface area contributed by atoms with E-state index in [9.17, 15) is 15.0 Å². The number of hydrogen-bond donors (Lipinski definition) is 2. The molecule has 1 fully saturated rings. The molecule has 150 valence electrons. The minimum atomic E-state index is -0.912. The summed E-state index contributed by atoms with van der Waals surface area (Å²) in [5.41, 5.74) is 3.09. The minimum Gasteiger partial charge on any atom is -0.478 e. The van der Waals surface area contributed by atoms with Gasteiger partial charge in [-0.25, -0.2) is 4.79 Å². The number of aryl methyl sites for hydroxylation is 1. The number of carboxylic acid groups (broad SMARTS) is 1. The van der Waals surface area contributed by atoms with E-state index in [1.807, 2.05) is 12.1 Å². The Morgan fingerprint density at radius 2 is 1.97 bits per heavy atom. The van der Waals surface area contributed by atoms with E-state index in [0.29, 0.717) is 24.3 Å². The number of carbonyl (C=O) groups is 1. The molecular formula is C26H28O3. The Hall–Kier alpha value is -2.57. The fourth-order valence-electron chi connectivity index (χ4n) is 5.66. The summed E-state index contributed by atoms with van der Waals surface area (Å²) >= 11 is 0. The quantitative estimate of drug-likeness (QED) is 0.746. The molecule has 3 nitrogen and oxygen atoms in total. The molecule has 1 saturated carbocycles. The molecule has 2 aromatic carbocycles. The molecule has 0 heterocycles. The lowest BCUT2D eigenvalue weighted by atomic mass is 9.56. The summed E-state index contributed by atoms with van der Waals surface area (Å²) in [6.45, 7) is 1.79. The van der Waals surface area contributed by atoms with Crippen LogP contribution in [0.2, 0.25) is 0 Å². The Morgan fingerprint density at radius 3 is 2.69 bits per heavy atom. The third-order valence-electron chi connectivity index (χ3n) is 6.96. The van der Waals surface area contributed by atoms with Crippen LogP contribution >= 0.6 is 0 Å². The van der Waals surface area contributed by atoms with Crippen LogP contribution in [-0.2, 0) is 18.3 Å². The minimum absolute atomic E-state index is 0.0914. The van der Waals surface area contributed by atoms with E-state index in [2.05, 4.69) is 42.2 Å². The first-order chi connectivity index (χ1) is 14.0. The second kappa shape index (κ2) is 7.69. The molecule has 0 bridgehead atoms. The molecule has 3 atom stereocenters. The van der Waals surface area contributed by atoms with E-state index in [-0.39, 0.29) is 5.41 Å². The van der Waals surface area contributed by atoms with Gasteiger partial charge in [0.1, 0.15) is 5.60 Å². The zero-order chi connectivity index (χ0) is 20.5. The third-order valence-corrected chi connectivity index (χ3v) is 6.96. The lowest BCUT2D eigenvalue weighted by Crippen LogP contribution is -2.48. The number of rotatable bonds is 3. The Bertz CT molecular complexity index is 968. The molecule has 0 aliphatic heterocycles. The first kappa shape index (κ1) is 19.7. The van der Waals surface area contributed by atoms with Crippen molar-refractivity contribution in [2.45, 2.75) is 62.9 Å². The van der Waals surface area contributed by atoms with Crippen LogP contribution in [0.5, 0.6) is 0 Å². The van der Waals surface area contributed by atoms with Crippen LogP contribution < -0.4 is 0 Å². The van der Waals surface area contributed by atoms with Gasteiger partial charge in [0.05, 0.1) is 5.56 Å². The maximum Gasteiger partial charge on any atom is 0.335 e. The van der Waals surface area contributed by atoms with E-state index in [1.54, 1.807) is 13.0 Å². The van der Waals surface area contributed by atoms with Gasteiger partial charge in [-0.3, -0.25) is 0 Å². The van der Waals surface area contributed by atoms with Crippen molar-refractivity contribution in [3.63, 3.8) is 0 Å². The Kier molecular flexibility index (Phi) is 5.23. The van der Waals surface area contributed by atoms with E-state index < -0.39 is 11.6 Å². The van der Waals surface area contributed by atoms with Gasteiger partial charge in [-0.2, -0.15) is 0 Å². The second-order valence-corrected chi connectivity index (χ2v) is 8.70. The lowest BCUT2D eigenvalue weighted by Gasteiger charge is -2.49. The number of carboxylic acids is 1. The highest BCUT2D eigenvalue weighted by Crippen LogP contribution is 2.53. The molecule has 2 aromatic rings. The number of hydrogen-bond acceptors (Lipinski definition) is 2. The van der Waals surface area contributed by atoms with Gasteiger partial charge in [0.25, 0.3) is 0 Å². The van der Waals surface area contributed by atoms with E-state index in [1.165, 1.54) is 11.1 Å². The summed E-state index contributed by atoms with van der Waals surface area (Å²) in [4.78, 5) is 11.5. The Labute approximate surface area is 172 Å². The van der Waals surface area contributed by atoms with Crippen LogP contribution in [0.4, 0.5) is 0 Å². The summed E-state index contributed by atoms with van der Waals surface area (Å²) in [5, 5.41) is 20.6. The SMILES string of the molecule is CC#C[C@@]1(O)CC[C@]2(Cc3ccccc3)c3ccc(C(=O)O)cc3CCC[C@@H]2C1. The highest BCUT2D eigenvalue weighted by atomic mass is 16.4. The molecule has 29 heavy (non-hydrogen) atoms. The topological polar surface area (TPSA) is 57.5 Å². The summed E-state index contributed by atoms with van der Waals surface area (Å²) in [6, 6.07) is 16.2. The number of fused-ring (bicyclic) bond motifs is 3. The van der Waals surface area contributed by atoms with Crippen LogP contribution in [0.3, 0.4) is 0 Å². The van der Waals surface area contributed by atoms with Crippen LogP contribution in [0.1, 0.15) is 66.1 Å². The van der Waals surface area contributed by atoms with Crippen molar-refractivity contribution in [2.24, 2.45) is 5.92 Å². The normalized spacial score (nSPS) is 28.3. The first-order valence-electron chi connectivity index (χ1n) is 10.5. The van der Waals surface area contributed by atoms with Gasteiger partial charge in [0.15, 0.2) is 0 Å². The van der Waals surface area contributed by atoms with Crippen LogP contribution in [-0.4, -0.2) is 21.8 Å². The van der Waals surface area contributed by atoms with Gasteiger partial charge >= 0.3 is 5.97 Å². The molecule has 0 unspecified atom stereocenters. The van der Waals surface area contributed by atoms with Crippen molar-refractivity contribution in [3.05, 3.63) is 70.8 Å². The Balaban J connectivity index is 1.83. The van der Waals surface area contributed by atoms with Crippen LogP contribution in [0.15, 0.2) is 48.5 Å². The Morgan fingerprint density at radius 1 is 1.17 bits per heavy atom. The van der Waals surface area contributed by atoms with Gasteiger partial charge < -0.3 is 10.2 Å². The average molecular weight is 389 g/mol. The summed E-state index contributed by atoms with van der Waals surface area (Å²) in [6.07, 6.45) is 6.02. The summed E-state index contributed by atoms with van der Waals surface area (Å²) in [5.74, 6) is 5.44. The van der Waals surface area contributed by atoms with Crippen molar-refractivity contribution in [1.29, 1.82) is 0 Å². The smallest absolute Gasteiger partial charge is 0.335 e. The first-order valence-corrected chi connectivity index (χ1v) is 10.5. The second-order valence-electron chi connectivity index (χ2n) is 8.70. The maximum atomic E-state index is 11.5. The molecule has 0 saturated heterocycles.